The van der Waals surface area contributed by atoms with Crippen LogP contribution in [0.4, 0.5) is 0 Å². The van der Waals surface area contributed by atoms with Crippen molar-refractivity contribution in [2.45, 2.75) is 39.7 Å². The van der Waals surface area contributed by atoms with Gasteiger partial charge in [-0.2, -0.15) is 5.26 Å². The van der Waals surface area contributed by atoms with Crippen LogP contribution in [-0.4, -0.2) is 9.55 Å². The second kappa shape index (κ2) is 5.54. The average Bonchev–Trinajstić information content (AvgIpc) is 2.86. The van der Waals surface area contributed by atoms with Gasteiger partial charge in [-0.3, -0.25) is 9.36 Å². The summed E-state index contributed by atoms with van der Waals surface area (Å²) in [7, 11) is 0. The Labute approximate surface area is 116 Å². The molecule has 2 rings (SSSR count). The molecule has 0 N–H and O–H groups in total. The molecule has 0 fully saturated rings. The lowest BCUT2D eigenvalue weighted by molar-refractivity contribution is 0.415. The van der Waals surface area contributed by atoms with E-state index in [1.807, 2.05) is 25.3 Å². The van der Waals surface area contributed by atoms with Gasteiger partial charge in [0.1, 0.15) is 4.70 Å². The van der Waals surface area contributed by atoms with Crippen molar-refractivity contribution in [1.82, 2.24) is 9.55 Å². The van der Waals surface area contributed by atoms with Gasteiger partial charge in [-0.15, -0.1) is 11.3 Å². The molecule has 0 bridgehead atoms. The summed E-state index contributed by atoms with van der Waals surface area (Å²) >= 11 is 1.44. The molecule has 0 aliphatic heterocycles. The van der Waals surface area contributed by atoms with E-state index >= 15 is 0 Å². The van der Waals surface area contributed by atoms with Crippen molar-refractivity contribution in [2.24, 2.45) is 5.41 Å². The number of hydrogen-bond acceptors (Lipinski definition) is 4. The SMILES string of the molecule is CC(C)(C#N)CCCCn1cnc2ccsc2c1=O. The number of nitriles is 1. The summed E-state index contributed by atoms with van der Waals surface area (Å²) in [5, 5.41) is 10.8. The van der Waals surface area contributed by atoms with Crippen LogP contribution in [-0.2, 0) is 6.54 Å². The number of unbranched alkanes of at least 4 members (excludes halogenated alkanes) is 1. The third-order valence-corrected chi connectivity index (χ3v) is 4.08. The highest BCUT2D eigenvalue weighted by atomic mass is 32.1. The fourth-order valence-corrected chi connectivity index (χ4v) is 2.74. The van der Waals surface area contributed by atoms with Crippen LogP contribution < -0.4 is 5.56 Å². The van der Waals surface area contributed by atoms with Crippen LogP contribution in [0.1, 0.15) is 33.1 Å². The van der Waals surface area contributed by atoms with E-state index in [1.54, 1.807) is 10.9 Å². The summed E-state index contributed by atoms with van der Waals surface area (Å²) in [5.41, 5.74) is 0.539. The molecular formula is C14H17N3OS. The van der Waals surface area contributed by atoms with Crippen LogP contribution in [0, 0.1) is 16.7 Å². The van der Waals surface area contributed by atoms with Crippen molar-refractivity contribution in [2.75, 3.05) is 0 Å². The van der Waals surface area contributed by atoms with Gasteiger partial charge in [0.05, 0.1) is 23.3 Å². The van der Waals surface area contributed by atoms with Gasteiger partial charge in [-0.05, 0) is 38.1 Å². The highest BCUT2D eigenvalue weighted by Crippen LogP contribution is 2.21. The minimum absolute atomic E-state index is 0.0412. The zero-order chi connectivity index (χ0) is 13.9. The third kappa shape index (κ3) is 3.21. The number of nitrogens with zero attached hydrogens (tertiary/aromatic N) is 3. The highest BCUT2D eigenvalue weighted by molar-refractivity contribution is 7.17. The molecule has 0 atom stereocenters. The first-order valence-electron chi connectivity index (χ1n) is 6.37. The number of aryl methyl sites for hydroxylation is 1. The minimum atomic E-state index is -0.277. The predicted octanol–water partition coefficient (Wildman–Crippen LogP) is 3.18. The average molecular weight is 275 g/mol. The Kier molecular flexibility index (Phi) is 4.01. The van der Waals surface area contributed by atoms with Crippen molar-refractivity contribution >= 4 is 21.6 Å². The van der Waals surface area contributed by atoms with E-state index in [-0.39, 0.29) is 11.0 Å². The van der Waals surface area contributed by atoms with Gasteiger partial charge < -0.3 is 0 Å². The summed E-state index contributed by atoms with van der Waals surface area (Å²) < 4.78 is 2.39. The molecule has 0 amide bonds. The van der Waals surface area contributed by atoms with Gasteiger partial charge in [-0.1, -0.05) is 6.42 Å². The smallest absolute Gasteiger partial charge is 0.271 e. The van der Waals surface area contributed by atoms with E-state index in [2.05, 4.69) is 11.1 Å². The van der Waals surface area contributed by atoms with Crippen LogP contribution in [0.2, 0.25) is 0 Å². The van der Waals surface area contributed by atoms with Gasteiger partial charge in [0.15, 0.2) is 0 Å². The molecule has 0 unspecified atom stereocenters. The summed E-state index contributed by atoms with van der Waals surface area (Å²) in [4.78, 5) is 16.4. The van der Waals surface area contributed by atoms with Gasteiger partial charge in [0.25, 0.3) is 5.56 Å². The lowest BCUT2D eigenvalue weighted by Crippen LogP contribution is -2.20. The zero-order valence-corrected chi connectivity index (χ0v) is 12.0. The second-order valence-corrected chi connectivity index (χ2v) is 6.25. The van der Waals surface area contributed by atoms with Crippen LogP contribution in [0.5, 0.6) is 0 Å². The van der Waals surface area contributed by atoms with E-state index in [0.29, 0.717) is 6.54 Å². The topological polar surface area (TPSA) is 58.7 Å². The van der Waals surface area contributed by atoms with Crippen molar-refractivity contribution < 1.29 is 0 Å². The van der Waals surface area contributed by atoms with Crippen LogP contribution in [0.15, 0.2) is 22.6 Å². The Morgan fingerprint density at radius 2 is 2.26 bits per heavy atom. The molecule has 0 aromatic carbocycles. The first-order valence-corrected chi connectivity index (χ1v) is 7.25. The fourth-order valence-electron chi connectivity index (χ4n) is 1.94. The standard InChI is InChI=1S/C14H17N3OS/c1-14(2,9-15)6-3-4-7-17-10-16-11-5-8-19-12(11)13(17)18/h5,8,10H,3-4,6-7H2,1-2H3. The first kappa shape index (κ1) is 13.8. The van der Waals surface area contributed by atoms with E-state index in [9.17, 15) is 4.79 Å². The van der Waals surface area contributed by atoms with Crippen molar-refractivity contribution in [3.05, 3.63) is 28.1 Å². The molecule has 0 aliphatic carbocycles. The molecule has 5 heteroatoms. The summed E-state index contributed by atoms with van der Waals surface area (Å²) in [5.74, 6) is 0. The van der Waals surface area contributed by atoms with E-state index in [4.69, 9.17) is 5.26 Å². The van der Waals surface area contributed by atoms with Gasteiger partial charge in [-0.25, -0.2) is 4.98 Å². The zero-order valence-electron chi connectivity index (χ0n) is 11.2. The number of aromatic nitrogens is 2. The van der Waals surface area contributed by atoms with Gasteiger partial charge in [0, 0.05) is 6.54 Å². The molecule has 0 saturated carbocycles. The van der Waals surface area contributed by atoms with Crippen molar-refractivity contribution in [1.29, 1.82) is 5.26 Å². The van der Waals surface area contributed by atoms with E-state index < -0.39 is 0 Å². The molecule has 4 nitrogen and oxygen atoms in total. The Morgan fingerprint density at radius 3 is 3.00 bits per heavy atom. The Balaban J connectivity index is 1.97. The monoisotopic (exact) mass is 275 g/mol. The lowest BCUT2D eigenvalue weighted by atomic mass is 9.89. The van der Waals surface area contributed by atoms with Crippen LogP contribution in [0.25, 0.3) is 10.2 Å². The van der Waals surface area contributed by atoms with E-state index in [1.165, 1.54) is 11.3 Å². The maximum Gasteiger partial charge on any atom is 0.271 e. The summed E-state index contributed by atoms with van der Waals surface area (Å²) in [6.07, 6.45) is 4.30. The number of fused-ring (bicyclic) bond motifs is 1. The summed E-state index contributed by atoms with van der Waals surface area (Å²) in [6, 6.07) is 4.16. The van der Waals surface area contributed by atoms with Gasteiger partial charge >= 0.3 is 0 Å². The van der Waals surface area contributed by atoms with Crippen LogP contribution >= 0.6 is 11.3 Å². The molecule has 100 valence electrons. The third-order valence-electron chi connectivity index (χ3n) is 3.19. The predicted molar refractivity (Wildman–Crippen MR) is 77.1 cm³/mol. The number of hydrogen-bond donors (Lipinski definition) is 0. The maximum atomic E-state index is 12.1. The molecule has 0 radical (unpaired) electrons. The molecule has 0 aliphatic rings. The number of thiophene rings is 1. The second-order valence-electron chi connectivity index (χ2n) is 5.33. The first-order chi connectivity index (χ1) is 9.03. The molecule has 0 saturated heterocycles. The largest absolute Gasteiger partial charge is 0.298 e. The van der Waals surface area contributed by atoms with Crippen LogP contribution in [0.3, 0.4) is 0 Å². The summed E-state index contributed by atoms with van der Waals surface area (Å²) in [6.45, 7) is 4.55. The highest BCUT2D eigenvalue weighted by Gasteiger charge is 2.15. The molecule has 2 heterocycles. The Bertz CT molecular complexity index is 663. The molecule has 19 heavy (non-hydrogen) atoms. The normalized spacial score (nSPS) is 11.6. The Morgan fingerprint density at radius 1 is 1.47 bits per heavy atom. The van der Waals surface area contributed by atoms with E-state index in [0.717, 1.165) is 29.5 Å². The molecular weight excluding hydrogens is 258 g/mol. The van der Waals surface area contributed by atoms with Gasteiger partial charge in [0.2, 0.25) is 0 Å². The maximum absolute atomic E-state index is 12.1. The quantitative estimate of drug-likeness (QED) is 0.787. The minimum Gasteiger partial charge on any atom is -0.298 e. The van der Waals surface area contributed by atoms with Crippen molar-refractivity contribution in [3.8, 4) is 6.07 Å². The lowest BCUT2D eigenvalue weighted by Gasteiger charge is -2.14. The fraction of sp³-hybridized carbons (Fsp3) is 0.500. The Hall–Kier alpha value is -1.67. The molecule has 2 aromatic rings. The molecule has 2 aromatic heterocycles. The number of rotatable bonds is 5. The molecule has 0 spiro atoms. The van der Waals surface area contributed by atoms with Crippen molar-refractivity contribution in [3.63, 3.8) is 0 Å².